The van der Waals surface area contributed by atoms with Crippen molar-refractivity contribution in [3.05, 3.63) is 95.8 Å². The van der Waals surface area contributed by atoms with E-state index in [1.165, 1.54) is 29.9 Å². The maximum absolute atomic E-state index is 10.9. The summed E-state index contributed by atoms with van der Waals surface area (Å²) in [6.07, 6.45) is 10.00. The van der Waals surface area contributed by atoms with Gasteiger partial charge >= 0.3 is 0 Å². The van der Waals surface area contributed by atoms with E-state index in [9.17, 15) is 4.79 Å². The largest absolute Gasteiger partial charge is 0.334 e. The van der Waals surface area contributed by atoms with Crippen molar-refractivity contribution < 1.29 is 4.79 Å². The van der Waals surface area contributed by atoms with Gasteiger partial charge in [0.2, 0.25) is 0 Å². The number of likely N-dealkylation sites (tertiary alicyclic amines) is 1. The minimum Gasteiger partial charge on any atom is -0.334 e. The molecule has 2 aromatic carbocycles. The van der Waals surface area contributed by atoms with Gasteiger partial charge in [0.05, 0.1) is 36.1 Å². The van der Waals surface area contributed by atoms with Crippen LogP contribution in [0.15, 0.2) is 73.6 Å². The summed E-state index contributed by atoms with van der Waals surface area (Å²) >= 11 is 0. The first-order valence-corrected chi connectivity index (χ1v) is 16.9. The van der Waals surface area contributed by atoms with E-state index in [0.717, 1.165) is 70.6 Å². The zero-order valence-electron chi connectivity index (χ0n) is 30.0. The van der Waals surface area contributed by atoms with Crippen LogP contribution in [0.4, 0.5) is 23.0 Å². The molecule has 254 valence electrons. The summed E-state index contributed by atoms with van der Waals surface area (Å²) in [7, 11) is 8.06. The van der Waals surface area contributed by atoms with Crippen molar-refractivity contribution in [2.75, 3.05) is 37.0 Å². The number of aromatic nitrogens is 6. The quantitative estimate of drug-likeness (QED) is 0.150. The Hall–Kier alpha value is -5.09. The maximum atomic E-state index is 10.9. The van der Waals surface area contributed by atoms with Gasteiger partial charge in [-0.1, -0.05) is 39.8 Å². The third kappa shape index (κ3) is 7.05. The number of carbonyl (C=O) groups excluding carboxylic acids is 1. The highest BCUT2D eigenvalue weighted by Gasteiger charge is 2.33. The Morgan fingerprint density at radius 3 is 1.73 bits per heavy atom. The maximum Gasteiger partial charge on any atom is 0.150 e. The lowest BCUT2D eigenvalue weighted by atomic mass is 9.84. The number of carbonyl (C=O) groups is 1. The standard InChI is InChI=1S/C22H29N5.C17H18N4O/c1-6-17-9-16(12-27-13-22(2,3)14-27)7-8-19(17)26(5)21-10-20-18(11-23-21)24-15-25(20)4;1-4-13-7-12(10-22)5-6-15(13)21(3)17-8-16-14(9-18-17)19-11-20(16)2/h7-11,15H,6,12-14H2,1-5H3;5-11H,4H2,1-3H3. The van der Waals surface area contributed by atoms with Crippen LogP contribution in [-0.2, 0) is 33.5 Å². The predicted molar refractivity (Wildman–Crippen MR) is 199 cm³/mol. The molecule has 10 nitrogen and oxygen atoms in total. The van der Waals surface area contributed by atoms with E-state index in [1.807, 2.05) is 72.0 Å². The molecule has 0 amide bonds. The van der Waals surface area contributed by atoms with E-state index in [4.69, 9.17) is 0 Å². The summed E-state index contributed by atoms with van der Waals surface area (Å²) in [5.41, 5.74) is 11.3. The summed E-state index contributed by atoms with van der Waals surface area (Å²) in [6, 6.07) is 16.7. The number of benzene rings is 2. The van der Waals surface area contributed by atoms with E-state index >= 15 is 0 Å². The van der Waals surface area contributed by atoms with Crippen molar-refractivity contribution in [1.82, 2.24) is 34.0 Å². The normalized spacial score (nSPS) is 14.0. The van der Waals surface area contributed by atoms with Gasteiger partial charge in [-0.25, -0.2) is 19.9 Å². The molecule has 0 unspecified atom stereocenters. The molecule has 4 aromatic heterocycles. The first-order valence-electron chi connectivity index (χ1n) is 16.9. The molecule has 0 bridgehead atoms. The van der Waals surface area contributed by atoms with E-state index in [2.05, 4.69) is 88.7 Å². The fourth-order valence-electron chi connectivity index (χ4n) is 6.82. The van der Waals surface area contributed by atoms with Crippen molar-refractivity contribution in [3.63, 3.8) is 0 Å². The minimum absolute atomic E-state index is 0.476. The molecular weight excluding hydrogens is 610 g/mol. The third-order valence-electron chi connectivity index (χ3n) is 9.46. The smallest absolute Gasteiger partial charge is 0.150 e. The Kier molecular flexibility index (Phi) is 9.52. The third-order valence-corrected chi connectivity index (χ3v) is 9.46. The first kappa shape index (κ1) is 33.8. The summed E-state index contributed by atoms with van der Waals surface area (Å²) in [5.74, 6) is 1.79. The molecule has 0 aliphatic carbocycles. The molecule has 1 fully saturated rings. The molecule has 0 saturated carbocycles. The predicted octanol–water partition coefficient (Wildman–Crippen LogP) is 7.25. The lowest BCUT2D eigenvalue weighted by Gasteiger charge is -2.46. The van der Waals surface area contributed by atoms with Crippen molar-refractivity contribution in [1.29, 1.82) is 0 Å². The molecule has 6 aromatic rings. The number of pyridine rings is 2. The topological polar surface area (TPSA) is 88.2 Å². The number of imidazole rings is 2. The van der Waals surface area contributed by atoms with Gasteiger partial charge in [-0.15, -0.1) is 0 Å². The first-order chi connectivity index (χ1) is 23.5. The van der Waals surface area contributed by atoms with Gasteiger partial charge in [0.25, 0.3) is 0 Å². The molecule has 0 N–H and O–H groups in total. The van der Waals surface area contributed by atoms with Gasteiger partial charge in [0, 0.05) is 76.9 Å². The van der Waals surface area contributed by atoms with Crippen LogP contribution in [0.2, 0.25) is 0 Å². The van der Waals surface area contributed by atoms with Crippen LogP contribution in [-0.4, -0.2) is 67.4 Å². The van der Waals surface area contributed by atoms with Gasteiger partial charge in [0.15, 0.2) is 0 Å². The van der Waals surface area contributed by atoms with Crippen molar-refractivity contribution in [2.24, 2.45) is 19.5 Å². The second-order valence-electron chi connectivity index (χ2n) is 13.9. The molecule has 7 rings (SSSR count). The summed E-state index contributed by atoms with van der Waals surface area (Å²) < 4.78 is 4.01. The number of hydrogen-bond donors (Lipinski definition) is 0. The van der Waals surface area contributed by atoms with Crippen molar-refractivity contribution in [3.8, 4) is 0 Å². The Morgan fingerprint density at radius 1 is 0.735 bits per heavy atom. The molecule has 10 heteroatoms. The lowest BCUT2D eigenvalue weighted by molar-refractivity contribution is 0.0242. The number of rotatable bonds is 9. The second kappa shape index (κ2) is 13.8. The average molecular weight is 658 g/mol. The molecule has 0 spiro atoms. The zero-order valence-corrected chi connectivity index (χ0v) is 30.0. The zero-order chi connectivity index (χ0) is 34.9. The Labute approximate surface area is 289 Å². The number of hydrogen-bond acceptors (Lipinski definition) is 8. The molecule has 1 aliphatic rings. The summed E-state index contributed by atoms with van der Waals surface area (Å²) in [6.45, 7) is 12.4. The number of aldehydes is 1. The average Bonchev–Trinajstić information content (AvgIpc) is 3.67. The number of anilines is 4. The molecule has 49 heavy (non-hydrogen) atoms. The molecule has 0 radical (unpaired) electrons. The van der Waals surface area contributed by atoms with Crippen LogP contribution in [0.25, 0.3) is 22.1 Å². The number of nitrogens with zero attached hydrogens (tertiary/aromatic N) is 9. The van der Waals surface area contributed by atoms with Crippen molar-refractivity contribution in [2.45, 2.75) is 47.1 Å². The number of aryl methyl sites for hydroxylation is 4. The van der Waals surface area contributed by atoms with Crippen LogP contribution in [0, 0.1) is 5.41 Å². The van der Waals surface area contributed by atoms with Gasteiger partial charge in [0.1, 0.15) is 29.0 Å². The van der Waals surface area contributed by atoms with Gasteiger partial charge < -0.3 is 18.9 Å². The van der Waals surface area contributed by atoms with Crippen LogP contribution in [0.1, 0.15) is 54.7 Å². The molecule has 1 aliphatic heterocycles. The summed E-state index contributed by atoms with van der Waals surface area (Å²) in [5, 5.41) is 0. The molecule has 0 atom stereocenters. The Balaban J connectivity index is 0.000000174. The van der Waals surface area contributed by atoms with Crippen molar-refractivity contribution >= 4 is 51.4 Å². The van der Waals surface area contributed by atoms with E-state index < -0.39 is 0 Å². The highest BCUT2D eigenvalue weighted by atomic mass is 16.1. The number of fused-ring (bicyclic) bond motifs is 2. The van der Waals surface area contributed by atoms with E-state index in [0.29, 0.717) is 11.0 Å². The van der Waals surface area contributed by atoms with E-state index in [-0.39, 0.29) is 0 Å². The second-order valence-corrected chi connectivity index (χ2v) is 13.9. The molecule has 1 saturated heterocycles. The molecule has 5 heterocycles. The molecular formula is C39H47N9O. The van der Waals surface area contributed by atoms with Gasteiger partial charge in [-0.2, -0.15) is 0 Å². The monoisotopic (exact) mass is 657 g/mol. The fraction of sp³-hybridized carbons (Fsp3) is 0.359. The SMILES string of the molecule is CCc1cc(C=O)ccc1N(C)c1cc2c(cn1)ncn2C.CCc1cc(CN2CC(C)(C)C2)ccc1N(C)c1cc2c(cn1)ncn2C. The van der Waals surface area contributed by atoms with Crippen LogP contribution in [0.3, 0.4) is 0 Å². The minimum atomic E-state index is 0.476. The summed E-state index contributed by atoms with van der Waals surface area (Å²) in [4.78, 5) is 35.5. The highest BCUT2D eigenvalue weighted by Crippen LogP contribution is 2.33. The van der Waals surface area contributed by atoms with E-state index in [1.54, 1.807) is 12.5 Å². The highest BCUT2D eigenvalue weighted by molar-refractivity contribution is 5.81. The van der Waals surface area contributed by atoms with Crippen LogP contribution >= 0.6 is 0 Å². The van der Waals surface area contributed by atoms with Gasteiger partial charge in [-0.3, -0.25) is 9.69 Å². The fourth-order valence-corrected chi connectivity index (χ4v) is 6.82. The Morgan fingerprint density at radius 2 is 1.24 bits per heavy atom. The van der Waals surface area contributed by atoms with Crippen LogP contribution < -0.4 is 9.80 Å². The lowest BCUT2D eigenvalue weighted by Crippen LogP contribution is -2.52. The van der Waals surface area contributed by atoms with Gasteiger partial charge in [-0.05, 0) is 59.2 Å². The Bertz CT molecular complexity index is 2100. The van der Waals surface area contributed by atoms with Crippen LogP contribution in [0.5, 0.6) is 0 Å².